The van der Waals surface area contributed by atoms with E-state index in [9.17, 15) is 4.79 Å². The first-order valence-corrected chi connectivity index (χ1v) is 11.5. The Kier molecular flexibility index (Phi) is 6.14. The number of methoxy groups -OCH3 is 1. The molecule has 0 atom stereocenters. The number of piperidine rings is 1. The Labute approximate surface area is 198 Å². The van der Waals surface area contributed by atoms with Gasteiger partial charge in [-0.3, -0.25) is 4.79 Å². The van der Waals surface area contributed by atoms with Crippen molar-refractivity contribution >= 4 is 23.2 Å². The van der Waals surface area contributed by atoms with Crippen LogP contribution in [0.25, 0.3) is 16.9 Å². The van der Waals surface area contributed by atoms with Crippen molar-refractivity contribution in [3.8, 4) is 17.0 Å². The van der Waals surface area contributed by atoms with Gasteiger partial charge in [-0.05, 0) is 87.6 Å². The zero-order valence-electron chi connectivity index (χ0n) is 19.4. The van der Waals surface area contributed by atoms with E-state index in [2.05, 4.69) is 32.7 Å². The minimum atomic E-state index is -0.0528. The van der Waals surface area contributed by atoms with E-state index in [0.29, 0.717) is 11.5 Å². The molecule has 3 heterocycles. The van der Waals surface area contributed by atoms with Crippen molar-refractivity contribution in [2.75, 3.05) is 32.6 Å². The Morgan fingerprint density at radius 2 is 1.79 bits per heavy atom. The number of nitrogens with one attached hydrogen (secondary N) is 2. The van der Waals surface area contributed by atoms with Gasteiger partial charge in [-0.25, -0.2) is 4.52 Å². The van der Waals surface area contributed by atoms with Gasteiger partial charge in [-0.15, -0.1) is 5.10 Å². The van der Waals surface area contributed by atoms with Crippen molar-refractivity contribution in [1.29, 1.82) is 0 Å². The lowest BCUT2D eigenvalue weighted by atomic mass is 10.0. The predicted octanol–water partition coefficient (Wildman–Crippen LogP) is 3.97. The van der Waals surface area contributed by atoms with Crippen LogP contribution in [0.4, 0.5) is 11.6 Å². The van der Waals surface area contributed by atoms with E-state index >= 15 is 0 Å². The van der Waals surface area contributed by atoms with Crippen LogP contribution in [-0.2, 0) is 0 Å². The van der Waals surface area contributed by atoms with Gasteiger partial charge in [0.1, 0.15) is 5.75 Å². The van der Waals surface area contributed by atoms with Crippen LogP contribution >= 0.6 is 0 Å². The monoisotopic (exact) mass is 456 g/mol. The molecule has 1 fully saturated rings. The van der Waals surface area contributed by atoms with Gasteiger partial charge in [0.15, 0.2) is 5.65 Å². The number of anilines is 2. The van der Waals surface area contributed by atoms with Crippen LogP contribution in [0.3, 0.4) is 0 Å². The Morgan fingerprint density at radius 1 is 1.03 bits per heavy atom. The van der Waals surface area contributed by atoms with Crippen LogP contribution in [0, 0.1) is 0 Å². The van der Waals surface area contributed by atoms with Gasteiger partial charge >= 0.3 is 0 Å². The number of carbonyl (C=O) groups is 1. The highest BCUT2D eigenvalue weighted by Gasteiger charge is 2.19. The number of pyridine rings is 1. The lowest BCUT2D eigenvalue weighted by Gasteiger charge is -2.29. The van der Waals surface area contributed by atoms with Crippen molar-refractivity contribution < 1.29 is 9.53 Å². The number of hydrogen-bond donors (Lipinski definition) is 2. The predicted molar refractivity (Wildman–Crippen MR) is 133 cm³/mol. The lowest BCUT2D eigenvalue weighted by Crippen LogP contribution is -2.43. The highest BCUT2D eigenvalue weighted by atomic mass is 16.5. The van der Waals surface area contributed by atoms with E-state index in [1.54, 1.807) is 11.6 Å². The summed E-state index contributed by atoms with van der Waals surface area (Å²) in [4.78, 5) is 19.7. The number of hydrogen-bond acceptors (Lipinski definition) is 6. The second-order valence-corrected chi connectivity index (χ2v) is 8.60. The van der Waals surface area contributed by atoms with Crippen LogP contribution < -0.4 is 15.4 Å². The number of ether oxygens (including phenoxy) is 1. The quantitative estimate of drug-likeness (QED) is 0.457. The normalized spacial score (nSPS) is 14.8. The molecule has 2 aromatic heterocycles. The number of amides is 1. The zero-order valence-corrected chi connectivity index (χ0v) is 19.4. The molecule has 2 N–H and O–H groups in total. The molecule has 174 valence electrons. The van der Waals surface area contributed by atoms with Crippen LogP contribution in [-0.4, -0.2) is 58.7 Å². The van der Waals surface area contributed by atoms with Gasteiger partial charge in [-0.2, -0.15) is 4.98 Å². The number of nitrogens with zero attached hydrogens (tertiary/aromatic N) is 4. The Hall–Kier alpha value is -3.91. The highest BCUT2D eigenvalue weighted by molar-refractivity contribution is 5.95. The van der Waals surface area contributed by atoms with Crippen molar-refractivity contribution in [2.45, 2.75) is 18.9 Å². The third-order valence-corrected chi connectivity index (χ3v) is 6.18. The largest absolute Gasteiger partial charge is 0.497 e. The van der Waals surface area contributed by atoms with Crippen molar-refractivity contribution in [3.63, 3.8) is 0 Å². The van der Waals surface area contributed by atoms with Crippen molar-refractivity contribution in [1.82, 2.24) is 24.8 Å². The van der Waals surface area contributed by atoms with E-state index in [1.165, 1.54) is 0 Å². The van der Waals surface area contributed by atoms with Crippen molar-refractivity contribution in [2.24, 2.45) is 0 Å². The molecule has 4 aromatic rings. The van der Waals surface area contributed by atoms with Gasteiger partial charge in [-0.1, -0.05) is 12.1 Å². The van der Waals surface area contributed by atoms with Crippen LogP contribution in [0.15, 0.2) is 66.7 Å². The molecule has 1 aliphatic rings. The number of benzene rings is 2. The number of aromatic nitrogens is 3. The molecule has 1 amide bonds. The first-order valence-electron chi connectivity index (χ1n) is 11.5. The molecule has 34 heavy (non-hydrogen) atoms. The summed E-state index contributed by atoms with van der Waals surface area (Å²) in [6.07, 6.45) is 1.95. The summed E-state index contributed by atoms with van der Waals surface area (Å²) in [5, 5.41) is 11.1. The third kappa shape index (κ3) is 4.72. The molecule has 1 aliphatic heterocycles. The first kappa shape index (κ1) is 21.9. The standard InChI is InChI=1S/C26H28N6O2/c1-31-15-13-20(14-16-31)27-25(33)19-5-3-6-21(17-19)28-26-29-24-8-4-7-23(32(24)30-26)18-9-11-22(34-2)12-10-18/h3-12,17,20H,13-16H2,1-2H3,(H,27,33)(H,28,30). The third-order valence-electron chi connectivity index (χ3n) is 6.18. The Balaban J connectivity index is 1.34. The fourth-order valence-corrected chi connectivity index (χ4v) is 4.23. The zero-order chi connectivity index (χ0) is 23.5. The second kappa shape index (κ2) is 9.52. The summed E-state index contributed by atoms with van der Waals surface area (Å²) in [7, 11) is 3.76. The molecule has 0 bridgehead atoms. The topological polar surface area (TPSA) is 83.8 Å². The van der Waals surface area contributed by atoms with E-state index in [4.69, 9.17) is 4.74 Å². The number of fused-ring (bicyclic) bond motifs is 1. The SMILES string of the molecule is COc1ccc(-c2cccc3nc(Nc4cccc(C(=O)NC5CCN(C)CC5)c4)nn23)cc1. The minimum absolute atomic E-state index is 0.0528. The summed E-state index contributed by atoms with van der Waals surface area (Å²) in [5.74, 6) is 1.22. The molecule has 0 saturated carbocycles. The molecule has 1 saturated heterocycles. The molecular formula is C26H28N6O2. The number of likely N-dealkylation sites (tertiary alicyclic amines) is 1. The van der Waals surface area contributed by atoms with Gasteiger partial charge in [0.05, 0.1) is 12.8 Å². The molecule has 5 rings (SSSR count). The summed E-state index contributed by atoms with van der Waals surface area (Å²) < 4.78 is 7.07. The van der Waals surface area contributed by atoms with Crippen molar-refractivity contribution in [3.05, 3.63) is 72.3 Å². The number of rotatable bonds is 6. The molecule has 0 unspecified atom stereocenters. The van der Waals surface area contributed by atoms with Crippen LogP contribution in [0.5, 0.6) is 5.75 Å². The fraction of sp³-hybridized carbons (Fsp3) is 0.269. The van der Waals surface area contributed by atoms with Crippen LogP contribution in [0.2, 0.25) is 0 Å². The lowest BCUT2D eigenvalue weighted by molar-refractivity contribution is 0.0917. The summed E-state index contributed by atoms with van der Waals surface area (Å²) in [6, 6.07) is 21.4. The maximum Gasteiger partial charge on any atom is 0.251 e. The first-order chi connectivity index (χ1) is 16.6. The van der Waals surface area contributed by atoms with E-state index in [1.807, 2.05) is 66.7 Å². The summed E-state index contributed by atoms with van der Waals surface area (Å²) in [5.41, 5.74) is 4.04. The highest BCUT2D eigenvalue weighted by Crippen LogP contribution is 2.24. The molecular weight excluding hydrogens is 428 g/mol. The number of carbonyl (C=O) groups excluding carboxylic acids is 1. The summed E-state index contributed by atoms with van der Waals surface area (Å²) in [6.45, 7) is 2.01. The fourth-order valence-electron chi connectivity index (χ4n) is 4.23. The molecule has 8 heteroatoms. The Bertz CT molecular complexity index is 1290. The van der Waals surface area contributed by atoms with Gasteiger partial charge in [0.25, 0.3) is 5.91 Å². The van der Waals surface area contributed by atoms with E-state index in [-0.39, 0.29) is 11.9 Å². The summed E-state index contributed by atoms with van der Waals surface area (Å²) >= 11 is 0. The minimum Gasteiger partial charge on any atom is -0.497 e. The van der Waals surface area contributed by atoms with E-state index < -0.39 is 0 Å². The molecule has 2 aromatic carbocycles. The average Bonchev–Trinajstić information content (AvgIpc) is 3.28. The molecule has 0 radical (unpaired) electrons. The maximum atomic E-state index is 12.8. The molecule has 8 nitrogen and oxygen atoms in total. The Morgan fingerprint density at radius 3 is 2.56 bits per heavy atom. The second-order valence-electron chi connectivity index (χ2n) is 8.60. The average molecular weight is 457 g/mol. The molecule has 0 aliphatic carbocycles. The maximum absolute atomic E-state index is 12.8. The molecule has 0 spiro atoms. The van der Waals surface area contributed by atoms with Gasteiger partial charge in [0, 0.05) is 22.9 Å². The smallest absolute Gasteiger partial charge is 0.251 e. The van der Waals surface area contributed by atoms with Crippen LogP contribution in [0.1, 0.15) is 23.2 Å². The van der Waals surface area contributed by atoms with Gasteiger partial charge in [0.2, 0.25) is 5.95 Å². The van der Waals surface area contributed by atoms with Gasteiger partial charge < -0.3 is 20.3 Å². The van der Waals surface area contributed by atoms with E-state index in [0.717, 1.165) is 54.3 Å².